The van der Waals surface area contributed by atoms with Crippen molar-refractivity contribution >= 4 is 6.08 Å². The zero-order chi connectivity index (χ0) is 21.0. The SMILES string of the molecule is CCC1=Cc2c(c(-c3cc(C)cc(C)c3)c3c(c2-c2cc(C)cc(C)c2)CCC3)C1. The molecule has 5 rings (SSSR count). The number of aryl methyl sites for hydroxylation is 4. The number of hydrogen-bond acceptors (Lipinski definition) is 0. The van der Waals surface area contributed by atoms with E-state index in [1.54, 1.807) is 27.8 Å². The lowest BCUT2D eigenvalue weighted by Gasteiger charge is -2.22. The Bertz CT molecular complexity index is 1160. The van der Waals surface area contributed by atoms with Crippen LogP contribution in [0.2, 0.25) is 0 Å². The van der Waals surface area contributed by atoms with Gasteiger partial charge in [0.25, 0.3) is 0 Å². The molecule has 2 aliphatic carbocycles. The van der Waals surface area contributed by atoms with Gasteiger partial charge in [-0.2, -0.15) is 0 Å². The van der Waals surface area contributed by atoms with Crippen molar-refractivity contribution in [2.24, 2.45) is 0 Å². The fourth-order valence-corrected chi connectivity index (χ4v) is 5.89. The molecule has 0 aromatic heterocycles. The van der Waals surface area contributed by atoms with E-state index < -0.39 is 0 Å². The van der Waals surface area contributed by atoms with Crippen LogP contribution in [-0.2, 0) is 19.3 Å². The highest BCUT2D eigenvalue weighted by Gasteiger charge is 2.29. The molecule has 0 saturated heterocycles. The van der Waals surface area contributed by atoms with Gasteiger partial charge in [0.1, 0.15) is 0 Å². The van der Waals surface area contributed by atoms with Crippen LogP contribution < -0.4 is 0 Å². The first-order chi connectivity index (χ1) is 14.4. The van der Waals surface area contributed by atoms with Crippen molar-refractivity contribution in [3.8, 4) is 22.3 Å². The maximum absolute atomic E-state index is 2.52. The van der Waals surface area contributed by atoms with Crippen LogP contribution in [0, 0.1) is 27.7 Å². The Kier molecular flexibility index (Phi) is 4.69. The van der Waals surface area contributed by atoms with Crippen LogP contribution in [0.1, 0.15) is 64.3 Å². The molecule has 0 heteroatoms. The van der Waals surface area contributed by atoms with Crippen molar-refractivity contribution < 1.29 is 0 Å². The monoisotopic (exact) mass is 392 g/mol. The summed E-state index contributed by atoms with van der Waals surface area (Å²) < 4.78 is 0. The van der Waals surface area contributed by atoms with Crippen LogP contribution in [0.4, 0.5) is 0 Å². The summed E-state index contributed by atoms with van der Waals surface area (Å²) in [5, 5.41) is 0. The van der Waals surface area contributed by atoms with Gasteiger partial charge in [-0.1, -0.05) is 77.2 Å². The minimum absolute atomic E-state index is 1.11. The third-order valence-electron chi connectivity index (χ3n) is 6.94. The van der Waals surface area contributed by atoms with Gasteiger partial charge in [0.2, 0.25) is 0 Å². The minimum atomic E-state index is 1.11. The molecule has 3 aromatic carbocycles. The third-order valence-corrected chi connectivity index (χ3v) is 6.94. The molecule has 0 radical (unpaired) electrons. The van der Waals surface area contributed by atoms with Gasteiger partial charge in [-0.15, -0.1) is 0 Å². The lowest BCUT2D eigenvalue weighted by Crippen LogP contribution is -2.02. The second kappa shape index (κ2) is 7.27. The Morgan fingerprint density at radius 1 is 0.633 bits per heavy atom. The molecule has 0 bridgehead atoms. The maximum Gasteiger partial charge on any atom is -0.00514 e. The van der Waals surface area contributed by atoms with Crippen molar-refractivity contribution in [2.45, 2.75) is 66.7 Å². The molecule has 0 fully saturated rings. The molecule has 2 aliphatic rings. The molecule has 152 valence electrons. The summed E-state index contributed by atoms with van der Waals surface area (Å²) in [6.45, 7) is 11.2. The first-order valence-corrected chi connectivity index (χ1v) is 11.5. The van der Waals surface area contributed by atoms with E-state index in [9.17, 15) is 0 Å². The first kappa shape index (κ1) is 19.4. The number of hydrogen-bond donors (Lipinski definition) is 0. The maximum atomic E-state index is 2.52. The quantitative estimate of drug-likeness (QED) is 0.422. The summed E-state index contributed by atoms with van der Waals surface area (Å²) >= 11 is 0. The topological polar surface area (TPSA) is 0 Å². The van der Waals surface area contributed by atoms with Crippen LogP contribution in [-0.4, -0.2) is 0 Å². The third kappa shape index (κ3) is 3.14. The molecule has 30 heavy (non-hydrogen) atoms. The standard InChI is InChI=1S/C30H32/c1-6-22-16-27-28(17-22)30(24-14-20(4)11-21(5)15-24)26-9-7-8-25(26)29(27)23-12-18(2)10-19(3)13-23/h10-16H,6-9,17H2,1-5H3. The Morgan fingerprint density at radius 3 is 1.67 bits per heavy atom. The number of benzene rings is 3. The summed E-state index contributed by atoms with van der Waals surface area (Å²) in [5.41, 5.74) is 19.3. The summed E-state index contributed by atoms with van der Waals surface area (Å²) in [4.78, 5) is 0. The average Bonchev–Trinajstić information content (AvgIpc) is 3.30. The highest BCUT2D eigenvalue weighted by molar-refractivity contribution is 5.92. The van der Waals surface area contributed by atoms with Crippen molar-refractivity contribution in [3.63, 3.8) is 0 Å². The second-order valence-corrected chi connectivity index (χ2v) is 9.54. The highest BCUT2D eigenvalue weighted by Crippen LogP contribution is 2.48. The Morgan fingerprint density at radius 2 is 1.13 bits per heavy atom. The van der Waals surface area contributed by atoms with Gasteiger partial charge in [-0.25, -0.2) is 0 Å². The van der Waals surface area contributed by atoms with E-state index in [2.05, 4.69) is 77.1 Å². The predicted molar refractivity (Wildman–Crippen MR) is 130 cm³/mol. The van der Waals surface area contributed by atoms with E-state index in [0.717, 1.165) is 12.8 Å². The molecule has 3 aromatic rings. The van der Waals surface area contributed by atoms with Crippen molar-refractivity contribution in [2.75, 3.05) is 0 Å². The van der Waals surface area contributed by atoms with Gasteiger partial charge in [0.05, 0.1) is 0 Å². The molecule has 0 saturated carbocycles. The van der Waals surface area contributed by atoms with Gasteiger partial charge in [0, 0.05) is 0 Å². The zero-order valence-electron chi connectivity index (χ0n) is 19.1. The van der Waals surface area contributed by atoms with Crippen LogP contribution in [0.3, 0.4) is 0 Å². The Hall–Kier alpha value is -2.60. The van der Waals surface area contributed by atoms with E-state index >= 15 is 0 Å². The van der Waals surface area contributed by atoms with E-state index in [1.807, 2.05) is 0 Å². The summed E-state index contributed by atoms with van der Waals surface area (Å²) in [5.74, 6) is 0. The van der Waals surface area contributed by atoms with Gasteiger partial charge in [-0.3, -0.25) is 0 Å². The fraction of sp³-hybridized carbons (Fsp3) is 0.333. The lowest BCUT2D eigenvalue weighted by atomic mass is 9.82. The highest BCUT2D eigenvalue weighted by atomic mass is 14.3. The average molecular weight is 393 g/mol. The van der Waals surface area contributed by atoms with Crippen LogP contribution in [0.5, 0.6) is 0 Å². The molecule has 0 atom stereocenters. The largest absolute Gasteiger partial charge is 0.0654 e. The molecular formula is C30H32. The van der Waals surface area contributed by atoms with Crippen LogP contribution in [0.25, 0.3) is 28.3 Å². The fourth-order valence-electron chi connectivity index (χ4n) is 5.89. The summed E-state index contributed by atoms with van der Waals surface area (Å²) in [6.07, 6.45) is 8.46. The molecular weight excluding hydrogens is 360 g/mol. The van der Waals surface area contributed by atoms with Gasteiger partial charge in [0.15, 0.2) is 0 Å². The Balaban J connectivity index is 1.86. The molecule has 0 aliphatic heterocycles. The molecule has 0 heterocycles. The van der Waals surface area contributed by atoms with E-state index in [4.69, 9.17) is 0 Å². The van der Waals surface area contributed by atoms with Crippen LogP contribution >= 0.6 is 0 Å². The van der Waals surface area contributed by atoms with Crippen molar-refractivity contribution in [1.29, 1.82) is 0 Å². The van der Waals surface area contributed by atoms with Crippen molar-refractivity contribution in [1.82, 2.24) is 0 Å². The normalized spacial score (nSPS) is 14.6. The molecule has 0 unspecified atom stereocenters. The van der Waals surface area contributed by atoms with E-state index in [-0.39, 0.29) is 0 Å². The van der Waals surface area contributed by atoms with Gasteiger partial charge in [-0.05, 0) is 104 Å². The van der Waals surface area contributed by atoms with Crippen LogP contribution in [0.15, 0.2) is 42.0 Å². The molecule has 0 N–H and O–H groups in total. The molecule has 0 amide bonds. The second-order valence-electron chi connectivity index (χ2n) is 9.54. The van der Waals surface area contributed by atoms with Crippen molar-refractivity contribution in [3.05, 3.63) is 86.5 Å². The number of fused-ring (bicyclic) bond motifs is 2. The smallest absolute Gasteiger partial charge is 0.00514 e. The number of rotatable bonds is 3. The lowest BCUT2D eigenvalue weighted by molar-refractivity contribution is 0.912. The minimum Gasteiger partial charge on any atom is -0.0654 e. The van der Waals surface area contributed by atoms with E-state index in [1.165, 1.54) is 63.8 Å². The van der Waals surface area contributed by atoms with E-state index in [0.29, 0.717) is 0 Å². The van der Waals surface area contributed by atoms with Gasteiger partial charge < -0.3 is 0 Å². The molecule has 0 spiro atoms. The Labute approximate surface area is 181 Å². The molecule has 0 nitrogen and oxygen atoms in total. The predicted octanol–water partition coefficient (Wildman–Crippen LogP) is 8.09. The summed E-state index contributed by atoms with van der Waals surface area (Å²) in [7, 11) is 0. The first-order valence-electron chi connectivity index (χ1n) is 11.5. The number of allylic oxidation sites excluding steroid dienone is 1. The zero-order valence-corrected chi connectivity index (χ0v) is 19.1. The summed E-state index contributed by atoms with van der Waals surface area (Å²) in [6, 6.07) is 14.2. The van der Waals surface area contributed by atoms with Gasteiger partial charge >= 0.3 is 0 Å².